The molecule has 0 heterocycles. The van der Waals surface area contributed by atoms with Crippen LogP contribution in [0.5, 0.6) is 5.75 Å². The van der Waals surface area contributed by atoms with Crippen molar-refractivity contribution < 1.29 is 4.74 Å². The highest BCUT2D eigenvalue weighted by Gasteiger charge is 2.08. The Morgan fingerprint density at radius 2 is 1.94 bits per heavy atom. The molecule has 0 aliphatic carbocycles. The predicted octanol–water partition coefficient (Wildman–Crippen LogP) is 3.18. The predicted molar refractivity (Wildman–Crippen MR) is 71.5 cm³/mol. The van der Waals surface area contributed by atoms with E-state index in [0.29, 0.717) is 6.61 Å². The van der Waals surface area contributed by atoms with Gasteiger partial charge in [0.05, 0.1) is 0 Å². The van der Waals surface area contributed by atoms with E-state index in [-0.39, 0.29) is 5.54 Å². The highest BCUT2D eigenvalue weighted by Crippen LogP contribution is 2.26. The smallest absolute Gasteiger partial charge is 0.132 e. The average molecular weight is 239 g/mol. The molecule has 16 heavy (non-hydrogen) atoms. The Bertz CT molecular complexity index is 320. The zero-order chi connectivity index (χ0) is 12.0. The number of hydrogen-bond donors (Lipinski definition) is 1. The number of rotatable bonds is 5. The van der Waals surface area contributed by atoms with E-state index in [1.807, 2.05) is 18.2 Å². The molecule has 0 spiro atoms. The van der Waals surface area contributed by atoms with Crippen LogP contribution in [0.15, 0.2) is 29.2 Å². The third-order valence-corrected chi connectivity index (χ3v) is 2.86. The molecule has 3 heteroatoms. The lowest BCUT2D eigenvalue weighted by molar-refractivity contribution is 0.285. The second kappa shape index (κ2) is 6.16. The maximum absolute atomic E-state index is 5.74. The number of nitrogens with one attached hydrogen (secondary N) is 1. The summed E-state index contributed by atoms with van der Waals surface area (Å²) >= 11 is 1.71. The molecule has 90 valence electrons. The summed E-state index contributed by atoms with van der Waals surface area (Å²) in [6.45, 7) is 8.04. The Labute approximate surface area is 103 Å². The summed E-state index contributed by atoms with van der Waals surface area (Å²) in [5.74, 6) is 0.978. The fraction of sp³-hybridized carbons (Fsp3) is 0.538. The largest absolute Gasteiger partial charge is 0.491 e. The SMILES string of the molecule is CSc1ccccc1OCCNC(C)(C)C. The molecule has 1 rings (SSSR count). The van der Waals surface area contributed by atoms with E-state index < -0.39 is 0 Å². The first-order chi connectivity index (χ1) is 7.53. The average Bonchev–Trinajstić information content (AvgIpc) is 2.23. The molecule has 0 radical (unpaired) electrons. The molecule has 0 saturated carbocycles. The van der Waals surface area contributed by atoms with Gasteiger partial charge in [0, 0.05) is 17.0 Å². The quantitative estimate of drug-likeness (QED) is 0.630. The van der Waals surface area contributed by atoms with E-state index in [4.69, 9.17) is 4.74 Å². The zero-order valence-corrected chi connectivity index (χ0v) is 11.4. The summed E-state index contributed by atoms with van der Waals surface area (Å²) in [4.78, 5) is 1.19. The van der Waals surface area contributed by atoms with Gasteiger partial charge in [-0.25, -0.2) is 0 Å². The lowest BCUT2D eigenvalue weighted by Crippen LogP contribution is -2.38. The van der Waals surface area contributed by atoms with E-state index in [0.717, 1.165) is 12.3 Å². The number of ether oxygens (including phenoxy) is 1. The van der Waals surface area contributed by atoms with Crippen LogP contribution < -0.4 is 10.1 Å². The number of thioether (sulfide) groups is 1. The van der Waals surface area contributed by atoms with Gasteiger partial charge < -0.3 is 10.1 Å². The van der Waals surface area contributed by atoms with Crippen LogP contribution in [0.4, 0.5) is 0 Å². The Morgan fingerprint density at radius 1 is 1.25 bits per heavy atom. The molecule has 1 N–H and O–H groups in total. The normalized spacial score (nSPS) is 11.5. The van der Waals surface area contributed by atoms with Crippen LogP contribution in [0.2, 0.25) is 0 Å². The Hall–Kier alpha value is -0.670. The van der Waals surface area contributed by atoms with E-state index in [2.05, 4.69) is 38.4 Å². The molecule has 0 fully saturated rings. The molecule has 0 atom stereocenters. The highest BCUT2D eigenvalue weighted by atomic mass is 32.2. The summed E-state index contributed by atoms with van der Waals surface area (Å²) < 4.78 is 5.74. The van der Waals surface area contributed by atoms with E-state index in [1.165, 1.54) is 4.90 Å². The van der Waals surface area contributed by atoms with Crippen LogP contribution in [0.25, 0.3) is 0 Å². The number of benzene rings is 1. The molecule has 0 saturated heterocycles. The summed E-state index contributed by atoms with van der Waals surface area (Å²) in [7, 11) is 0. The highest BCUT2D eigenvalue weighted by molar-refractivity contribution is 7.98. The van der Waals surface area contributed by atoms with Gasteiger partial charge in [0.25, 0.3) is 0 Å². The van der Waals surface area contributed by atoms with E-state index >= 15 is 0 Å². The van der Waals surface area contributed by atoms with Gasteiger partial charge in [-0.1, -0.05) is 12.1 Å². The second-order valence-corrected chi connectivity index (χ2v) is 5.52. The molecule has 0 unspecified atom stereocenters. The molecular formula is C13H21NOS. The summed E-state index contributed by atoms with van der Waals surface area (Å²) in [5, 5.41) is 3.40. The molecular weight excluding hydrogens is 218 g/mol. The van der Waals surface area contributed by atoms with Crippen molar-refractivity contribution in [2.45, 2.75) is 31.2 Å². The van der Waals surface area contributed by atoms with Crippen molar-refractivity contribution >= 4 is 11.8 Å². The molecule has 1 aromatic rings. The van der Waals surface area contributed by atoms with Crippen molar-refractivity contribution in [1.29, 1.82) is 0 Å². The zero-order valence-electron chi connectivity index (χ0n) is 10.5. The van der Waals surface area contributed by atoms with Gasteiger partial charge in [-0.3, -0.25) is 0 Å². The summed E-state index contributed by atoms with van der Waals surface area (Å²) in [6.07, 6.45) is 2.07. The minimum atomic E-state index is 0.155. The molecule has 0 amide bonds. The van der Waals surface area contributed by atoms with Crippen molar-refractivity contribution in [3.05, 3.63) is 24.3 Å². The van der Waals surface area contributed by atoms with Crippen LogP contribution >= 0.6 is 11.8 Å². The standard InChI is InChI=1S/C13H21NOS/c1-13(2,3)14-9-10-15-11-7-5-6-8-12(11)16-4/h5-8,14H,9-10H2,1-4H3. The van der Waals surface area contributed by atoms with Crippen molar-refractivity contribution in [3.8, 4) is 5.75 Å². The number of hydrogen-bond acceptors (Lipinski definition) is 3. The fourth-order valence-corrected chi connectivity index (χ4v) is 1.87. The Morgan fingerprint density at radius 3 is 2.56 bits per heavy atom. The van der Waals surface area contributed by atoms with E-state index in [1.54, 1.807) is 11.8 Å². The van der Waals surface area contributed by atoms with Crippen molar-refractivity contribution in [1.82, 2.24) is 5.32 Å². The molecule has 0 aromatic heterocycles. The third-order valence-electron chi connectivity index (χ3n) is 2.08. The first-order valence-corrected chi connectivity index (χ1v) is 6.76. The Kier molecular flexibility index (Phi) is 5.16. The van der Waals surface area contributed by atoms with E-state index in [9.17, 15) is 0 Å². The lowest BCUT2D eigenvalue weighted by atomic mass is 10.1. The maximum Gasteiger partial charge on any atom is 0.132 e. The van der Waals surface area contributed by atoms with Crippen LogP contribution in [0.1, 0.15) is 20.8 Å². The maximum atomic E-state index is 5.74. The van der Waals surface area contributed by atoms with Gasteiger partial charge in [0.2, 0.25) is 0 Å². The minimum absolute atomic E-state index is 0.155. The lowest BCUT2D eigenvalue weighted by Gasteiger charge is -2.20. The molecule has 1 aromatic carbocycles. The topological polar surface area (TPSA) is 21.3 Å². The fourth-order valence-electron chi connectivity index (χ4n) is 1.33. The molecule has 2 nitrogen and oxygen atoms in total. The van der Waals surface area contributed by atoms with Gasteiger partial charge in [-0.15, -0.1) is 11.8 Å². The first-order valence-electron chi connectivity index (χ1n) is 5.54. The summed E-state index contributed by atoms with van der Waals surface area (Å²) in [5.41, 5.74) is 0.155. The van der Waals surface area contributed by atoms with Crippen molar-refractivity contribution in [3.63, 3.8) is 0 Å². The Balaban J connectivity index is 2.37. The molecule has 0 aliphatic heterocycles. The minimum Gasteiger partial charge on any atom is -0.491 e. The monoisotopic (exact) mass is 239 g/mol. The number of para-hydroxylation sites is 1. The van der Waals surface area contributed by atoms with Crippen LogP contribution in [0, 0.1) is 0 Å². The molecule has 0 aliphatic rings. The van der Waals surface area contributed by atoms with Crippen molar-refractivity contribution in [2.24, 2.45) is 0 Å². The van der Waals surface area contributed by atoms with Gasteiger partial charge >= 0.3 is 0 Å². The van der Waals surface area contributed by atoms with Gasteiger partial charge in [-0.2, -0.15) is 0 Å². The van der Waals surface area contributed by atoms with Gasteiger partial charge in [0.15, 0.2) is 0 Å². The molecule has 0 bridgehead atoms. The van der Waals surface area contributed by atoms with Crippen LogP contribution in [-0.2, 0) is 0 Å². The second-order valence-electron chi connectivity index (χ2n) is 4.68. The van der Waals surface area contributed by atoms with Crippen molar-refractivity contribution in [2.75, 3.05) is 19.4 Å². The van der Waals surface area contributed by atoms with Crippen LogP contribution in [0.3, 0.4) is 0 Å². The summed E-state index contributed by atoms with van der Waals surface area (Å²) in [6, 6.07) is 8.14. The van der Waals surface area contributed by atoms with Crippen LogP contribution in [-0.4, -0.2) is 24.9 Å². The van der Waals surface area contributed by atoms with Gasteiger partial charge in [-0.05, 0) is 39.2 Å². The van der Waals surface area contributed by atoms with Gasteiger partial charge in [0.1, 0.15) is 12.4 Å². The first kappa shape index (κ1) is 13.4. The third kappa shape index (κ3) is 4.90.